The Bertz CT molecular complexity index is 2730. The van der Waals surface area contributed by atoms with Crippen molar-refractivity contribution in [2.24, 2.45) is 17.6 Å². The van der Waals surface area contributed by atoms with Crippen LogP contribution in [0.2, 0.25) is 20.1 Å². The van der Waals surface area contributed by atoms with Crippen LogP contribution < -0.4 is 53.7 Å². The quantitative estimate of drug-likeness (QED) is 0.0232. The lowest BCUT2D eigenvalue weighted by molar-refractivity contribution is -0.136. The number of phenols is 1. The zero-order chi connectivity index (χ0) is 58.8. The van der Waals surface area contributed by atoms with Crippen molar-refractivity contribution in [2.45, 2.75) is 89.6 Å². The third kappa shape index (κ3) is 18.8. The van der Waals surface area contributed by atoms with Gasteiger partial charge in [0.2, 0.25) is 53.2 Å². The molecule has 3 aromatic rings. The molecule has 29 heteroatoms. The molecular formula is C50H61Cl4N11O14. The Balaban J connectivity index is 1.42. The molecule has 25 nitrogen and oxygen atoms in total. The van der Waals surface area contributed by atoms with Gasteiger partial charge < -0.3 is 63.6 Å². The first-order valence-electron chi connectivity index (χ1n) is 24.4. The Morgan fingerprint density at radius 3 is 1.39 bits per heavy atom. The van der Waals surface area contributed by atoms with Crippen LogP contribution in [-0.4, -0.2) is 154 Å². The molecule has 0 fully saturated rings. The van der Waals surface area contributed by atoms with E-state index in [-0.39, 0.29) is 74.5 Å². The number of fused-ring (bicyclic) bond motifs is 1. The summed E-state index contributed by atoms with van der Waals surface area (Å²) < 4.78 is 0. The minimum absolute atomic E-state index is 0.00443. The predicted octanol–water partition coefficient (Wildman–Crippen LogP) is -0.705. The average Bonchev–Trinajstić information content (AvgIpc) is 3.86. The summed E-state index contributed by atoms with van der Waals surface area (Å²) in [5.41, 5.74) is 7.99. The monoisotopic (exact) mass is 1180 g/mol. The van der Waals surface area contributed by atoms with E-state index in [0.717, 1.165) is 0 Å². The maximum atomic E-state index is 14.1. The van der Waals surface area contributed by atoms with Gasteiger partial charge in [-0.1, -0.05) is 117 Å². The van der Waals surface area contributed by atoms with Gasteiger partial charge in [0, 0.05) is 12.8 Å². The van der Waals surface area contributed by atoms with Crippen molar-refractivity contribution in [3.8, 4) is 5.75 Å². The van der Waals surface area contributed by atoms with E-state index in [4.69, 9.17) is 52.1 Å². The minimum atomic E-state index is -1.75. The topological polar surface area (TPSA) is 386 Å². The van der Waals surface area contributed by atoms with Gasteiger partial charge in [-0.15, -0.1) is 0 Å². The predicted molar refractivity (Wildman–Crippen MR) is 287 cm³/mol. The Morgan fingerprint density at radius 1 is 0.494 bits per heavy atom. The van der Waals surface area contributed by atoms with Gasteiger partial charge in [0.15, 0.2) is 0 Å². The van der Waals surface area contributed by atoms with Crippen molar-refractivity contribution in [3.05, 3.63) is 96.9 Å². The summed E-state index contributed by atoms with van der Waals surface area (Å²) in [7, 11) is 0. The van der Waals surface area contributed by atoms with E-state index in [9.17, 15) is 68.1 Å². The number of imide groups is 1. The minimum Gasteiger partial charge on any atom is -0.508 e. The number of aromatic hydroxyl groups is 1. The van der Waals surface area contributed by atoms with E-state index in [2.05, 4.69) is 48.0 Å². The smallest absolute Gasteiger partial charge is 0.277 e. The molecular weight excluding hydrogens is 1120 g/mol. The molecule has 0 unspecified atom stereocenters. The van der Waals surface area contributed by atoms with Crippen LogP contribution in [0.25, 0.3) is 0 Å². The summed E-state index contributed by atoms with van der Waals surface area (Å²) in [6, 6.07) is 5.09. The second-order valence-corrected chi connectivity index (χ2v) is 20.4. The molecule has 0 radical (unpaired) electrons. The molecule has 0 aliphatic carbocycles. The molecule has 11 amide bonds. The van der Waals surface area contributed by atoms with Gasteiger partial charge in [0.25, 0.3) is 11.8 Å². The largest absolute Gasteiger partial charge is 0.508 e. The molecule has 6 atom stereocenters. The number of nitrogens with zero attached hydrogens (tertiary/aromatic N) is 1. The Hall–Kier alpha value is -7.13. The Labute approximate surface area is 473 Å². The summed E-state index contributed by atoms with van der Waals surface area (Å²) in [6.07, 6.45) is -0.228. The van der Waals surface area contributed by atoms with E-state index in [1.54, 1.807) is 44.2 Å². The molecule has 1 heterocycles. The number of hydrogen-bond donors (Lipinski definition) is 13. The molecule has 0 spiro atoms. The molecule has 0 aromatic heterocycles. The summed E-state index contributed by atoms with van der Waals surface area (Å²) in [6.45, 7) is 2.89. The second-order valence-electron chi connectivity index (χ2n) is 18.9. The van der Waals surface area contributed by atoms with Gasteiger partial charge in [0.1, 0.15) is 42.0 Å². The number of primary amides is 1. The van der Waals surface area contributed by atoms with E-state index in [1.807, 2.05) is 13.8 Å². The fourth-order valence-electron chi connectivity index (χ4n) is 7.70. The number of phenolic OH excluding ortho intramolecular Hbond substituents is 1. The van der Waals surface area contributed by atoms with Crippen LogP contribution in [0.5, 0.6) is 5.75 Å². The number of carbonyl (C=O) groups excluding carboxylic acids is 11. The van der Waals surface area contributed by atoms with Crippen LogP contribution in [-0.2, 0) is 56.0 Å². The fourth-order valence-corrected chi connectivity index (χ4v) is 8.71. The molecule has 79 heavy (non-hydrogen) atoms. The van der Waals surface area contributed by atoms with Gasteiger partial charge in [-0.3, -0.25) is 52.7 Å². The molecule has 0 bridgehead atoms. The van der Waals surface area contributed by atoms with Crippen molar-refractivity contribution >= 4 is 111 Å². The number of carbonyl (C=O) groups is 11. The number of aliphatic hydroxyl groups excluding tert-OH is 2. The van der Waals surface area contributed by atoms with Crippen molar-refractivity contribution in [3.63, 3.8) is 0 Å². The van der Waals surface area contributed by atoms with Crippen molar-refractivity contribution in [2.75, 3.05) is 32.8 Å². The zero-order valence-electron chi connectivity index (χ0n) is 43.0. The molecule has 1 aliphatic rings. The lowest BCUT2D eigenvalue weighted by Gasteiger charge is -2.27. The first-order chi connectivity index (χ1) is 37.3. The fraction of sp³-hybridized carbons (Fsp3) is 0.420. The molecule has 428 valence electrons. The van der Waals surface area contributed by atoms with E-state index in [1.165, 1.54) is 24.3 Å². The van der Waals surface area contributed by atoms with Crippen LogP contribution in [0.4, 0.5) is 0 Å². The first-order valence-corrected chi connectivity index (χ1v) is 25.9. The van der Waals surface area contributed by atoms with Gasteiger partial charge in [-0.05, 0) is 47.9 Å². The van der Waals surface area contributed by atoms with Crippen LogP contribution in [0, 0.1) is 11.8 Å². The van der Waals surface area contributed by atoms with Crippen LogP contribution in [0.1, 0.15) is 72.4 Å². The maximum absolute atomic E-state index is 14.1. The number of aliphatic hydroxyl groups is 2. The number of amides is 11. The van der Waals surface area contributed by atoms with E-state index < -0.39 is 134 Å². The molecule has 14 N–H and O–H groups in total. The van der Waals surface area contributed by atoms with E-state index in [0.29, 0.717) is 16.1 Å². The van der Waals surface area contributed by atoms with Crippen molar-refractivity contribution in [1.82, 2.24) is 53.0 Å². The first kappa shape index (κ1) is 64.4. The molecule has 1 aliphatic heterocycles. The normalized spacial score (nSPS) is 14.2. The number of nitrogens with two attached hydrogens (primary N) is 1. The molecule has 0 saturated heterocycles. The lowest BCUT2D eigenvalue weighted by Crippen LogP contribution is -2.61. The van der Waals surface area contributed by atoms with Gasteiger partial charge in [-0.2, -0.15) is 0 Å². The highest BCUT2D eigenvalue weighted by molar-refractivity contribution is 6.55. The number of halogens is 4. The highest BCUT2D eigenvalue weighted by atomic mass is 35.5. The number of hydrogen-bond acceptors (Lipinski definition) is 15. The van der Waals surface area contributed by atoms with Crippen LogP contribution >= 0.6 is 46.4 Å². The van der Waals surface area contributed by atoms with Crippen molar-refractivity contribution < 1.29 is 68.1 Å². The Morgan fingerprint density at radius 2 is 0.899 bits per heavy atom. The second kappa shape index (κ2) is 30.3. The summed E-state index contributed by atoms with van der Waals surface area (Å²) in [5.74, 6) is -10.8. The third-order valence-corrected chi connectivity index (χ3v) is 13.5. The summed E-state index contributed by atoms with van der Waals surface area (Å²) in [4.78, 5) is 145. The van der Waals surface area contributed by atoms with Crippen LogP contribution in [0.15, 0.2) is 54.6 Å². The highest BCUT2D eigenvalue weighted by Gasteiger charge is 2.42. The zero-order valence-corrected chi connectivity index (χ0v) is 46.1. The van der Waals surface area contributed by atoms with Crippen LogP contribution in [0.3, 0.4) is 0 Å². The molecule has 3 aromatic carbocycles. The summed E-state index contributed by atoms with van der Waals surface area (Å²) in [5, 5.41) is 48.8. The number of benzene rings is 3. The molecule has 4 rings (SSSR count). The number of hydrazine groups is 1. The van der Waals surface area contributed by atoms with Gasteiger partial charge in [0.05, 0.1) is 64.1 Å². The van der Waals surface area contributed by atoms with Gasteiger partial charge >= 0.3 is 0 Å². The number of nitrogens with one attached hydrogen (secondary N) is 9. The molecule has 0 saturated carbocycles. The Kier molecular flexibility index (Phi) is 24.7. The number of rotatable bonds is 29. The highest BCUT2D eigenvalue weighted by Crippen LogP contribution is 2.44. The summed E-state index contributed by atoms with van der Waals surface area (Å²) >= 11 is 24.3. The maximum Gasteiger partial charge on any atom is 0.277 e. The third-order valence-electron chi connectivity index (χ3n) is 11.7. The van der Waals surface area contributed by atoms with Crippen molar-refractivity contribution in [1.29, 1.82) is 0 Å². The SMILES string of the molecule is CC(C)C[C@H](NC(=O)CNC(=O)[C@H](Cc1ccccc1)NC(=O)[C@H](CO)NC(=O)[C@H](Cc1ccc(O)cc1)NC(=O)[C@H](CC(C)C)NC(=O)[C@H](CO)NC(=O)CNC(=O)CNN1C(=O)c2c(Cl)c(Cl)c(Cl)c(Cl)c2C1=O)C(N)=O. The average molecular weight is 1180 g/mol. The standard InChI is InChI=1S/C50H61Cl4N11O14/c1-23(2)14-28(43(55)72)59-36(71)19-57-44(73)30(16-25-8-6-5-7-9-25)62-48(77)33(22-67)64-46(75)31(17-26-10-12-27(68)13-11-26)63-45(74)29(15-24(3)4)61-47(76)32(21-66)60-35(70)18-56-34(69)20-58-65-49(78)37-38(50(65)79)40(52)42(54)41(53)39(37)51/h5-13,23-24,28-33,58,66-68H,14-22H2,1-4H3,(H2,55,72)(H,56,69)(H,57,73)(H,59,71)(H,60,70)(H,61,76)(H,62,77)(H,63,74)(H,64,75)/t28-,29-,30-,31-,32-,33-/m0/s1. The lowest BCUT2D eigenvalue weighted by atomic mass is 10.0. The van der Waals surface area contributed by atoms with Gasteiger partial charge in [-0.25, -0.2) is 10.4 Å². The van der Waals surface area contributed by atoms with E-state index >= 15 is 0 Å².